The van der Waals surface area contributed by atoms with Gasteiger partial charge in [-0.1, -0.05) is 11.6 Å². The van der Waals surface area contributed by atoms with Crippen LogP contribution in [0.2, 0.25) is 5.02 Å². The fraction of sp³-hybridized carbons (Fsp3) is 0.375. The maximum absolute atomic E-state index is 12.6. The van der Waals surface area contributed by atoms with Gasteiger partial charge in [0.25, 0.3) is 11.6 Å². The topological polar surface area (TPSA) is 81.3 Å². The molecule has 1 fully saturated rings. The first-order chi connectivity index (χ1) is 11.5. The van der Waals surface area contributed by atoms with Crippen molar-refractivity contribution in [3.63, 3.8) is 0 Å². The van der Waals surface area contributed by atoms with E-state index in [1.165, 1.54) is 18.2 Å². The third-order valence-corrected chi connectivity index (χ3v) is 4.58. The molecule has 2 heterocycles. The molecule has 1 saturated heterocycles. The van der Waals surface area contributed by atoms with Gasteiger partial charge in [-0.25, -0.2) is 0 Å². The molecule has 126 valence electrons. The second-order valence-electron chi connectivity index (χ2n) is 5.94. The first kappa shape index (κ1) is 16.4. The summed E-state index contributed by atoms with van der Waals surface area (Å²) in [6.45, 7) is 3.13. The molecular formula is C16H17ClN4O3. The zero-order chi connectivity index (χ0) is 17.3. The highest BCUT2D eigenvalue weighted by atomic mass is 35.5. The Bertz CT molecular complexity index is 781. The zero-order valence-electron chi connectivity index (χ0n) is 13.2. The molecule has 0 radical (unpaired) electrons. The Morgan fingerprint density at radius 1 is 1.38 bits per heavy atom. The van der Waals surface area contributed by atoms with Crippen molar-refractivity contribution in [3.05, 3.63) is 56.9 Å². The van der Waals surface area contributed by atoms with Gasteiger partial charge in [0.1, 0.15) is 0 Å². The summed E-state index contributed by atoms with van der Waals surface area (Å²) in [6, 6.07) is 4.20. The van der Waals surface area contributed by atoms with E-state index in [9.17, 15) is 14.9 Å². The van der Waals surface area contributed by atoms with Crippen LogP contribution in [0.1, 0.15) is 34.8 Å². The minimum atomic E-state index is -0.528. The molecular weight excluding hydrogens is 332 g/mol. The van der Waals surface area contributed by atoms with Crippen LogP contribution in [0.15, 0.2) is 30.6 Å². The predicted octanol–water partition coefficient (Wildman–Crippen LogP) is 3.23. The van der Waals surface area contributed by atoms with Crippen LogP contribution in [0.3, 0.4) is 0 Å². The van der Waals surface area contributed by atoms with Crippen LogP contribution >= 0.6 is 11.6 Å². The van der Waals surface area contributed by atoms with Crippen LogP contribution in [-0.2, 0) is 0 Å². The number of rotatable bonds is 3. The third-order valence-electron chi connectivity index (χ3n) is 4.25. The standard InChI is InChI=1S/C16H17ClN4O3/c1-11-9-18-20(10-11)12-4-6-19(7-5-12)16(22)14-8-13(21(23)24)2-3-15(14)17/h2-3,8-10,12H,4-7H2,1H3. The Morgan fingerprint density at radius 3 is 2.67 bits per heavy atom. The number of carbonyl (C=O) groups excluding carboxylic acids is 1. The van der Waals surface area contributed by atoms with Gasteiger partial charge in [0.05, 0.1) is 27.7 Å². The van der Waals surface area contributed by atoms with E-state index in [1.54, 1.807) is 4.90 Å². The van der Waals surface area contributed by atoms with E-state index in [0.29, 0.717) is 13.1 Å². The van der Waals surface area contributed by atoms with E-state index < -0.39 is 4.92 Å². The molecule has 1 amide bonds. The van der Waals surface area contributed by atoms with E-state index in [2.05, 4.69) is 5.10 Å². The van der Waals surface area contributed by atoms with E-state index in [4.69, 9.17) is 11.6 Å². The van der Waals surface area contributed by atoms with Gasteiger partial charge in [-0.15, -0.1) is 0 Å². The average Bonchev–Trinajstić information content (AvgIpc) is 3.01. The molecule has 0 N–H and O–H groups in total. The molecule has 7 nitrogen and oxygen atoms in total. The number of benzene rings is 1. The van der Waals surface area contributed by atoms with Crippen molar-refractivity contribution in [3.8, 4) is 0 Å². The summed E-state index contributed by atoms with van der Waals surface area (Å²) in [5.41, 5.74) is 1.15. The van der Waals surface area contributed by atoms with Crippen molar-refractivity contribution >= 4 is 23.2 Å². The van der Waals surface area contributed by atoms with Crippen LogP contribution in [0.4, 0.5) is 5.69 Å². The summed E-state index contributed by atoms with van der Waals surface area (Å²) < 4.78 is 1.94. The highest BCUT2D eigenvalue weighted by Gasteiger charge is 2.27. The second kappa shape index (κ2) is 6.60. The van der Waals surface area contributed by atoms with Crippen molar-refractivity contribution in [2.75, 3.05) is 13.1 Å². The number of non-ortho nitro benzene ring substituents is 1. The summed E-state index contributed by atoms with van der Waals surface area (Å²) in [6.07, 6.45) is 5.40. The number of hydrogen-bond acceptors (Lipinski definition) is 4. The first-order valence-electron chi connectivity index (χ1n) is 7.69. The van der Waals surface area contributed by atoms with Crippen molar-refractivity contribution in [1.29, 1.82) is 0 Å². The molecule has 0 aliphatic carbocycles. The number of aromatic nitrogens is 2. The molecule has 1 aromatic carbocycles. The van der Waals surface area contributed by atoms with Crippen molar-refractivity contribution in [2.45, 2.75) is 25.8 Å². The van der Waals surface area contributed by atoms with E-state index in [-0.39, 0.29) is 28.2 Å². The van der Waals surface area contributed by atoms with Gasteiger partial charge in [-0.05, 0) is 31.4 Å². The Kier molecular flexibility index (Phi) is 4.53. The molecule has 0 saturated carbocycles. The molecule has 0 atom stereocenters. The van der Waals surface area contributed by atoms with Gasteiger partial charge in [-0.2, -0.15) is 5.10 Å². The fourth-order valence-corrected chi connectivity index (χ4v) is 3.13. The fourth-order valence-electron chi connectivity index (χ4n) is 2.93. The molecule has 24 heavy (non-hydrogen) atoms. The molecule has 1 aliphatic rings. The van der Waals surface area contributed by atoms with Gasteiger partial charge in [0.15, 0.2) is 0 Å². The van der Waals surface area contributed by atoms with Crippen LogP contribution < -0.4 is 0 Å². The number of hydrogen-bond donors (Lipinski definition) is 0. The number of amides is 1. The molecule has 1 aliphatic heterocycles. The summed E-state index contributed by atoms with van der Waals surface area (Å²) >= 11 is 6.06. The summed E-state index contributed by atoms with van der Waals surface area (Å²) in [5, 5.41) is 15.5. The monoisotopic (exact) mass is 348 g/mol. The van der Waals surface area contributed by atoms with Gasteiger partial charge in [0, 0.05) is 31.4 Å². The van der Waals surface area contributed by atoms with E-state index >= 15 is 0 Å². The molecule has 1 aromatic heterocycles. The van der Waals surface area contributed by atoms with Crippen molar-refractivity contribution in [2.24, 2.45) is 0 Å². The van der Waals surface area contributed by atoms with Crippen LogP contribution in [-0.4, -0.2) is 38.6 Å². The lowest BCUT2D eigenvalue weighted by atomic mass is 10.0. The minimum absolute atomic E-state index is 0.135. The molecule has 0 unspecified atom stereocenters. The molecule has 0 spiro atoms. The minimum Gasteiger partial charge on any atom is -0.338 e. The molecule has 8 heteroatoms. The lowest BCUT2D eigenvalue weighted by Gasteiger charge is -2.32. The Hall–Kier alpha value is -2.41. The Balaban J connectivity index is 1.71. The highest BCUT2D eigenvalue weighted by Crippen LogP contribution is 2.27. The lowest BCUT2D eigenvalue weighted by molar-refractivity contribution is -0.384. The number of nitro benzene ring substituents is 1. The highest BCUT2D eigenvalue weighted by molar-refractivity contribution is 6.33. The third kappa shape index (κ3) is 3.26. The number of halogens is 1. The maximum Gasteiger partial charge on any atom is 0.270 e. The zero-order valence-corrected chi connectivity index (χ0v) is 13.9. The number of nitrogens with zero attached hydrogens (tertiary/aromatic N) is 4. The number of likely N-dealkylation sites (tertiary alicyclic amines) is 1. The average molecular weight is 349 g/mol. The van der Waals surface area contributed by atoms with E-state index in [1.807, 2.05) is 24.0 Å². The smallest absolute Gasteiger partial charge is 0.270 e. The molecule has 3 rings (SSSR count). The SMILES string of the molecule is Cc1cnn(C2CCN(C(=O)c3cc([N+](=O)[O-])ccc3Cl)CC2)c1. The van der Waals surface area contributed by atoms with Crippen LogP contribution in [0, 0.1) is 17.0 Å². The van der Waals surface area contributed by atoms with Crippen molar-refractivity contribution < 1.29 is 9.72 Å². The van der Waals surface area contributed by atoms with Crippen molar-refractivity contribution in [1.82, 2.24) is 14.7 Å². The quantitative estimate of drug-likeness (QED) is 0.630. The summed E-state index contributed by atoms with van der Waals surface area (Å²) in [7, 11) is 0. The Morgan fingerprint density at radius 2 is 2.08 bits per heavy atom. The van der Waals surface area contributed by atoms with Crippen LogP contribution in [0.25, 0.3) is 0 Å². The number of piperidine rings is 1. The van der Waals surface area contributed by atoms with Gasteiger partial charge >= 0.3 is 0 Å². The van der Waals surface area contributed by atoms with Gasteiger partial charge < -0.3 is 4.90 Å². The van der Waals surface area contributed by atoms with Gasteiger partial charge in [-0.3, -0.25) is 19.6 Å². The molecule has 0 bridgehead atoms. The number of aryl methyl sites for hydroxylation is 1. The van der Waals surface area contributed by atoms with E-state index in [0.717, 1.165) is 18.4 Å². The predicted molar refractivity (Wildman–Crippen MR) is 89.2 cm³/mol. The number of carbonyl (C=O) groups is 1. The number of nitro groups is 1. The summed E-state index contributed by atoms with van der Waals surface area (Å²) in [4.78, 5) is 24.7. The summed E-state index contributed by atoms with van der Waals surface area (Å²) in [5.74, 6) is -0.265. The first-order valence-corrected chi connectivity index (χ1v) is 8.07. The van der Waals surface area contributed by atoms with Crippen LogP contribution in [0.5, 0.6) is 0 Å². The largest absolute Gasteiger partial charge is 0.338 e. The second-order valence-corrected chi connectivity index (χ2v) is 6.35. The van der Waals surface area contributed by atoms with Gasteiger partial charge in [0.2, 0.25) is 0 Å². The maximum atomic E-state index is 12.6. The normalized spacial score (nSPS) is 15.5. The Labute approximate surface area is 144 Å². The lowest BCUT2D eigenvalue weighted by Crippen LogP contribution is -2.39. The molecule has 2 aromatic rings.